The molecule has 0 aliphatic heterocycles. The van der Waals surface area contributed by atoms with E-state index >= 15 is 0 Å². The van der Waals surface area contributed by atoms with E-state index in [9.17, 15) is 13.2 Å². The van der Waals surface area contributed by atoms with Crippen molar-refractivity contribution in [3.05, 3.63) is 23.8 Å². The van der Waals surface area contributed by atoms with Crippen molar-refractivity contribution in [1.82, 2.24) is 9.62 Å². The van der Waals surface area contributed by atoms with Crippen LogP contribution in [-0.4, -0.2) is 45.4 Å². The fourth-order valence-corrected chi connectivity index (χ4v) is 4.08. The quantitative estimate of drug-likeness (QED) is 0.783. The summed E-state index contributed by atoms with van der Waals surface area (Å²) in [6, 6.07) is 5.13. The Bertz CT molecular complexity index is 693. The number of carbonyl (C=O) groups excluding carboxylic acids is 1. The third-order valence-electron chi connectivity index (χ3n) is 4.44. The lowest BCUT2D eigenvalue weighted by molar-refractivity contribution is -0.123. The van der Waals surface area contributed by atoms with Gasteiger partial charge in [0.2, 0.25) is 10.0 Å². The van der Waals surface area contributed by atoms with E-state index in [1.807, 2.05) is 6.92 Å². The van der Waals surface area contributed by atoms with Gasteiger partial charge in [0.25, 0.3) is 5.91 Å². The number of amides is 1. The van der Waals surface area contributed by atoms with Gasteiger partial charge in [-0.2, -0.15) is 0 Å². The molecule has 0 bridgehead atoms. The number of nitrogens with zero attached hydrogens (tertiary/aromatic N) is 1. The first-order valence-electron chi connectivity index (χ1n) is 8.76. The molecule has 0 heterocycles. The zero-order chi connectivity index (χ0) is 18.4. The average molecular weight is 368 g/mol. The fraction of sp³-hybridized carbons (Fsp3) is 0.611. The molecule has 25 heavy (non-hydrogen) atoms. The van der Waals surface area contributed by atoms with Gasteiger partial charge in [0.05, 0.1) is 0 Å². The summed E-state index contributed by atoms with van der Waals surface area (Å²) in [5, 5.41) is 3.00. The molecule has 1 aliphatic rings. The van der Waals surface area contributed by atoms with Gasteiger partial charge in [-0.25, -0.2) is 12.7 Å². The maximum atomic E-state index is 12.5. The second kappa shape index (κ2) is 8.67. The Hall–Kier alpha value is -1.60. The Kier molecular flexibility index (Phi) is 6.84. The largest absolute Gasteiger partial charge is 0.482 e. The van der Waals surface area contributed by atoms with Crippen LogP contribution in [0.2, 0.25) is 0 Å². The van der Waals surface area contributed by atoms with Gasteiger partial charge >= 0.3 is 0 Å². The Morgan fingerprint density at radius 1 is 1.20 bits per heavy atom. The molecule has 6 nitrogen and oxygen atoms in total. The highest BCUT2D eigenvalue weighted by atomic mass is 32.2. The molecule has 0 atom stereocenters. The zero-order valence-electron chi connectivity index (χ0n) is 15.2. The number of aryl methyl sites for hydroxylation is 1. The van der Waals surface area contributed by atoms with Crippen molar-refractivity contribution in [2.24, 2.45) is 0 Å². The van der Waals surface area contributed by atoms with E-state index < -0.39 is 10.0 Å². The van der Waals surface area contributed by atoms with Gasteiger partial charge in [-0.15, -0.1) is 0 Å². The first-order valence-corrected chi connectivity index (χ1v) is 10.2. The van der Waals surface area contributed by atoms with Crippen LogP contribution in [0, 0.1) is 6.92 Å². The molecule has 1 N–H and O–H groups in total. The van der Waals surface area contributed by atoms with Crippen LogP contribution in [0.1, 0.15) is 44.1 Å². The molecule has 1 amide bonds. The smallest absolute Gasteiger partial charge is 0.258 e. The van der Waals surface area contributed by atoms with Crippen LogP contribution in [-0.2, 0) is 14.8 Å². The van der Waals surface area contributed by atoms with E-state index in [1.165, 1.54) is 26.9 Å². The Morgan fingerprint density at radius 2 is 1.84 bits per heavy atom. The SMILES string of the molecule is Cc1ccc(OCC(=O)NC2CCCCCC2)c(S(=O)(=O)N(C)C)c1. The average Bonchev–Trinajstić information content (AvgIpc) is 2.82. The van der Waals surface area contributed by atoms with E-state index in [0.29, 0.717) is 0 Å². The second-order valence-corrected chi connectivity index (χ2v) is 8.90. The number of carbonyl (C=O) groups is 1. The summed E-state index contributed by atoms with van der Waals surface area (Å²) in [5.74, 6) is -0.00371. The summed E-state index contributed by atoms with van der Waals surface area (Å²) in [5.41, 5.74) is 0.815. The molecule has 0 spiro atoms. The van der Waals surface area contributed by atoms with Gasteiger partial charge in [0, 0.05) is 20.1 Å². The van der Waals surface area contributed by atoms with E-state index in [-0.39, 0.29) is 29.2 Å². The molecule has 1 aromatic carbocycles. The third-order valence-corrected chi connectivity index (χ3v) is 6.27. The van der Waals surface area contributed by atoms with Crippen molar-refractivity contribution in [2.45, 2.75) is 56.4 Å². The standard InChI is InChI=1S/C18H28N2O4S/c1-14-10-11-16(17(12-14)25(22,23)20(2)3)24-13-18(21)19-15-8-6-4-5-7-9-15/h10-12,15H,4-9,13H2,1-3H3,(H,19,21). The van der Waals surface area contributed by atoms with Crippen molar-refractivity contribution in [3.63, 3.8) is 0 Å². The van der Waals surface area contributed by atoms with Crippen molar-refractivity contribution in [3.8, 4) is 5.75 Å². The number of sulfonamides is 1. The van der Waals surface area contributed by atoms with Gasteiger partial charge in [0.1, 0.15) is 10.6 Å². The van der Waals surface area contributed by atoms with Gasteiger partial charge in [-0.05, 0) is 37.5 Å². The summed E-state index contributed by atoms with van der Waals surface area (Å²) < 4.78 is 31.6. The summed E-state index contributed by atoms with van der Waals surface area (Å²) >= 11 is 0. The summed E-state index contributed by atoms with van der Waals surface area (Å²) in [6.07, 6.45) is 6.70. The highest BCUT2D eigenvalue weighted by Gasteiger charge is 2.23. The van der Waals surface area contributed by atoms with Crippen molar-refractivity contribution in [2.75, 3.05) is 20.7 Å². The summed E-state index contributed by atoms with van der Waals surface area (Å²) in [7, 11) is -0.688. The van der Waals surface area contributed by atoms with Gasteiger partial charge < -0.3 is 10.1 Å². The molecule has 1 aromatic rings. The van der Waals surface area contributed by atoms with Crippen LogP contribution < -0.4 is 10.1 Å². The molecule has 140 valence electrons. The first-order chi connectivity index (χ1) is 11.8. The zero-order valence-corrected chi connectivity index (χ0v) is 16.1. The van der Waals surface area contributed by atoms with Crippen molar-refractivity contribution >= 4 is 15.9 Å². The van der Waals surface area contributed by atoms with Crippen LogP contribution in [0.25, 0.3) is 0 Å². The monoisotopic (exact) mass is 368 g/mol. The molecule has 0 aromatic heterocycles. The molecule has 7 heteroatoms. The third kappa shape index (κ3) is 5.44. The number of ether oxygens (including phenoxy) is 1. The lowest BCUT2D eigenvalue weighted by Crippen LogP contribution is -2.37. The Morgan fingerprint density at radius 3 is 2.44 bits per heavy atom. The predicted molar refractivity (Wildman–Crippen MR) is 97.2 cm³/mol. The number of hydrogen-bond acceptors (Lipinski definition) is 4. The number of benzene rings is 1. The molecule has 1 saturated carbocycles. The fourth-order valence-electron chi connectivity index (χ4n) is 2.97. The normalized spacial score (nSPS) is 16.5. The second-order valence-electron chi connectivity index (χ2n) is 6.78. The number of rotatable bonds is 6. The molecular weight excluding hydrogens is 340 g/mol. The molecular formula is C18H28N2O4S. The van der Waals surface area contributed by atoms with Crippen LogP contribution in [0.5, 0.6) is 5.75 Å². The predicted octanol–water partition coefficient (Wildman–Crippen LogP) is 2.46. The van der Waals surface area contributed by atoms with Crippen LogP contribution in [0.15, 0.2) is 23.1 Å². The van der Waals surface area contributed by atoms with E-state index in [2.05, 4.69) is 5.32 Å². The molecule has 0 radical (unpaired) electrons. The molecule has 1 aliphatic carbocycles. The Balaban J connectivity index is 2.04. The maximum absolute atomic E-state index is 12.5. The summed E-state index contributed by atoms with van der Waals surface area (Å²) in [6.45, 7) is 1.63. The van der Waals surface area contributed by atoms with Crippen molar-refractivity contribution in [1.29, 1.82) is 0 Å². The van der Waals surface area contributed by atoms with Crippen LogP contribution >= 0.6 is 0 Å². The van der Waals surface area contributed by atoms with E-state index in [0.717, 1.165) is 35.6 Å². The maximum Gasteiger partial charge on any atom is 0.258 e. The van der Waals surface area contributed by atoms with Crippen molar-refractivity contribution < 1.29 is 17.9 Å². The molecule has 2 rings (SSSR count). The van der Waals surface area contributed by atoms with E-state index in [1.54, 1.807) is 18.2 Å². The minimum absolute atomic E-state index is 0.0831. The minimum atomic E-state index is -3.63. The first kappa shape index (κ1) is 19.7. The number of nitrogens with one attached hydrogen (secondary N) is 1. The van der Waals surface area contributed by atoms with Gasteiger partial charge in [-0.1, -0.05) is 31.7 Å². The minimum Gasteiger partial charge on any atom is -0.482 e. The lowest BCUT2D eigenvalue weighted by atomic mass is 10.1. The molecule has 0 unspecified atom stereocenters. The van der Waals surface area contributed by atoms with Crippen LogP contribution in [0.4, 0.5) is 0 Å². The van der Waals surface area contributed by atoms with Crippen LogP contribution in [0.3, 0.4) is 0 Å². The van der Waals surface area contributed by atoms with Gasteiger partial charge in [-0.3, -0.25) is 4.79 Å². The highest BCUT2D eigenvalue weighted by Crippen LogP contribution is 2.27. The lowest BCUT2D eigenvalue weighted by Gasteiger charge is -2.18. The van der Waals surface area contributed by atoms with Gasteiger partial charge in [0.15, 0.2) is 6.61 Å². The van der Waals surface area contributed by atoms with E-state index in [4.69, 9.17) is 4.74 Å². The number of hydrogen-bond donors (Lipinski definition) is 1. The highest BCUT2D eigenvalue weighted by molar-refractivity contribution is 7.89. The molecule has 1 fully saturated rings. The summed E-state index contributed by atoms with van der Waals surface area (Å²) in [4.78, 5) is 12.2. The Labute approximate surface area is 150 Å². The molecule has 0 saturated heterocycles. The topological polar surface area (TPSA) is 75.7 Å².